The zero-order chi connectivity index (χ0) is 20.4. The normalized spacial score (nSPS) is 27.0. The molecule has 1 nitrogen and oxygen atoms in total. The van der Waals surface area contributed by atoms with E-state index in [1.165, 1.54) is 64.5 Å². The van der Waals surface area contributed by atoms with Crippen LogP contribution in [0.25, 0.3) is 10.8 Å². The summed E-state index contributed by atoms with van der Waals surface area (Å²) in [5.41, 5.74) is 0.783. The number of benzene rings is 2. The fraction of sp³-hybridized carbons (Fsp3) is 0.615. The SMILES string of the molecule is CCCCCC1CCC2CC(c3cc4ccc(OC)c(F)c4cc3F)CCC2C1. The molecule has 0 amide bonds. The van der Waals surface area contributed by atoms with E-state index in [1.54, 1.807) is 6.07 Å². The molecule has 0 aliphatic heterocycles. The van der Waals surface area contributed by atoms with Crippen molar-refractivity contribution in [2.24, 2.45) is 17.8 Å². The van der Waals surface area contributed by atoms with Crippen LogP contribution in [0.3, 0.4) is 0 Å². The lowest BCUT2D eigenvalue weighted by Gasteiger charge is -2.42. The molecule has 2 aliphatic rings. The topological polar surface area (TPSA) is 9.23 Å². The molecule has 4 rings (SSSR count). The number of unbranched alkanes of at least 4 members (excludes halogenated alkanes) is 2. The molecule has 0 bridgehead atoms. The first-order chi connectivity index (χ1) is 14.1. The summed E-state index contributed by atoms with van der Waals surface area (Å²) in [6, 6.07) is 6.73. The van der Waals surface area contributed by atoms with Crippen molar-refractivity contribution in [1.82, 2.24) is 0 Å². The van der Waals surface area contributed by atoms with Gasteiger partial charge >= 0.3 is 0 Å². The van der Waals surface area contributed by atoms with E-state index in [4.69, 9.17) is 4.74 Å². The molecule has 0 N–H and O–H groups in total. The number of halogens is 2. The van der Waals surface area contributed by atoms with Gasteiger partial charge in [0.2, 0.25) is 0 Å². The number of hydrogen-bond donors (Lipinski definition) is 0. The van der Waals surface area contributed by atoms with Crippen molar-refractivity contribution in [2.45, 2.75) is 77.0 Å². The number of rotatable bonds is 6. The second-order valence-electron chi connectivity index (χ2n) is 9.38. The second-order valence-corrected chi connectivity index (χ2v) is 9.38. The van der Waals surface area contributed by atoms with Gasteiger partial charge in [-0.25, -0.2) is 8.78 Å². The number of fused-ring (bicyclic) bond motifs is 2. The maximum absolute atomic E-state index is 15.0. The van der Waals surface area contributed by atoms with Gasteiger partial charge in [-0.2, -0.15) is 0 Å². The van der Waals surface area contributed by atoms with Crippen LogP contribution in [0.2, 0.25) is 0 Å². The smallest absolute Gasteiger partial charge is 0.172 e. The highest BCUT2D eigenvalue weighted by Crippen LogP contribution is 2.49. The minimum Gasteiger partial charge on any atom is -0.494 e. The average Bonchev–Trinajstić information content (AvgIpc) is 2.74. The Morgan fingerprint density at radius 1 is 0.966 bits per heavy atom. The first-order valence-electron chi connectivity index (χ1n) is 11.6. The lowest BCUT2D eigenvalue weighted by atomic mass is 9.63. The van der Waals surface area contributed by atoms with Gasteiger partial charge in [-0.15, -0.1) is 0 Å². The third-order valence-electron chi connectivity index (χ3n) is 7.63. The highest BCUT2D eigenvalue weighted by Gasteiger charge is 2.36. The summed E-state index contributed by atoms with van der Waals surface area (Å²) in [4.78, 5) is 0. The quantitative estimate of drug-likeness (QED) is 0.446. The molecule has 0 spiro atoms. The summed E-state index contributed by atoms with van der Waals surface area (Å²) in [6.45, 7) is 2.27. The van der Waals surface area contributed by atoms with Crippen LogP contribution < -0.4 is 4.74 Å². The van der Waals surface area contributed by atoms with Crippen LogP contribution >= 0.6 is 0 Å². The van der Waals surface area contributed by atoms with Gasteiger partial charge in [-0.1, -0.05) is 45.1 Å². The number of ether oxygens (including phenoxy) is 1. The molecular formula is C26H34F2O. The van der Waals surface area contributed by atoms with Gasteiger partial charge in [-0.05, 0) is 84.9 Å². The Morgan fingerprint density at radius 3 is 2.55 bits per heavy atom. The molecule has 158 valence electrons. The fourth-order valence-electron chi connectivity index (χ4n) is 5.99. The van der Waals surface area contributed by atoms with Gasteiger partial charge < -0.3 is 4.74 Å². The Bertz CT molecular complexity index is 846. The van der Waals surface area contributed by atoms with E-state index in [1.807, 2.05) is 12.1 Å². The second kappa shape index (κ2) is 9.02. The molecule has 2 aromatic rings. The molecule has 0 aromatic heterocycles. The van der Waals surface area contributed by atoms with Gasteiger partial charge in [0.25, 0.3) is 0 Å². The third kappa shape index (κ3) is 4.29. The minimum atomic E-state index is -0.472. The van der Waals surface area contributed by atoms with Crippen molar-refractivity contribution < 1.29 is 13.5 Å². The molecule has 2 aliphatic carbocycles. The van der Waals surface area contributed by atoms with Gasteiger partial charge in [0, 0.05) is 5.39 Å². The van der Waals surface area contributed by atoms with E-state index in [2.05, 4.69) is 6.92 Å². The van der Waals surface area contributed by atoms with E-state index in [0.29, 0.717) is 5.39 Å². The zero-order valence-corrected chi connectivity index (χ0v) is 17.9. The Morgan fingerprint density at radius 2 is 1.76 bits per heavy atom. The Kier molecular flexibility index (Phi) is 6.41. The summed E-state index contributed by atoms with van der Waals surface area (Å²) in [7, 11) is 1.44. The Hall–Kier alpha value is -1.64. The van der Waals surface area contributed by atoms with E-state index in [9.17, 15) is 8.78 Å². The van der Waals surface area contributed by atoms with E-state index in [0.717, 1.165) is 41.5 Å². The molecule has 29 heavy (non-hydrogen) atoms. The van der Waals surface area contributed by atoms with Crippen LogP contribution in [-0.4, -0.2) is 7.11 Å². The van der Waals surface area contributed by atoms with Crippen molar-refractivity contribution in [3.8, 4) is 5.75 Å². The van der Waals surface area contributed by atoms with E-state index in [-0.39, 0.29) is 17.5 Å². The van der Waals surface area contributed by atoms with Gasteiger partial charge in [0.1, 0.15) is 5.82 Å². The van der Waals surface area contributed by atoms with Crippen LogP contribution in [0.1, 0.15) is 82.6 Å². The first kappa shape index (κ1) is 20.6. The van der Waals surface area contributed by atoms with Crippen LogP contribution in [-0.2, 0) is 0 Å². The average molecular weight is 401 g/mol. The predicted molar refractivity (Wildman–Crippen MR) is 115 cm³/mol. The first-order valence-corrected chi connectivity index (χ1v) is 11.6. The maximum atomic E-state index is 15.0. The predicted octanol–water partition coefficient (Wildman–Crippen LogP) is 8.01. The fourth-order valence-corrected chi connectivity index (χ4v) is 5.99. The molecule has 2 saturated carbocycles. The molecule has 2 fully saturated rings. The lowest BCUT2D eigenvalue weighted by molar-refractivity contribution is 0.112. The standard InChI is InChI=1S/C26H34F2O/c1-3-4-5-6-17-7-8-19-14-20(10-9-18(19)13-17)22-15-21-11-12-25(29-2)26(28)23(21)16-24(22)27/h11-12,15-20H,3-10,13-14H2,1-2H3. The monoisotopic (exact) mass is 400 g/mol. The van der Waals surface area contributed by atoms with Crippen LogP contribution in [0.5, 0.6) is 5.75 Å². The van der Waals surface area contributed by atoms with Gasteiger partial charge in [0.05, 0.1) is 7.11 Å². The number of hydrogen-bond acceptors (Lipinski definition) is 1. The number of methoxy groups -OCH3 is 1. The van der Waals surface area contributed by atoms with Crippen LogP contribution in [0.4, 0.5) is 8.78 Å². The molecule has 4 unspecified atom stereocenters. The molecule has 3 heteroatoms. The Balaban J connectivity index is 1.47. The van der Waals surface area contributed by atoms with Crippen LogP contribution in [0, 0.1) is 29.4 Å². The summed E-state index contributed by atoms with van der Waals surface area (Å²) in [5.74, 6) is 2.18. The van der Waals surface area contributed by atoms with Crippen molar-refractivity contribution in [2.75, 3.05) is 7.11 Å². The molecule has 2 aromatic carbocycles. The lowest BCUT2D eigenvalue weighted by Crippen LogP contribution is -2.30. The molecule has 0 heterocycles. The zero-order valence-electron chi connectivity index (χ0n) is 17.9. The van der Waals surface area contributed by atoms with Crippen LogP contribution in [0.15, 0.2) is 24.3 Å². The molecule has 0 radical (unpaired) electrons. The summed E-state index contributed by atoms with van der Waals surface area (Å²) in [5, 5.41) is 1.08. The van der Waals surface area contributed by atoms with E-state index >= 15 is 0 Å². The summed E-state index contributed by atoms with van der Waals surface area (Å²) in [6.07, 6.45) is 12.8. The molecular weight excluding hydrogens is 366 g/mol. The largest absolute Gasteiger partial charge is 0.494 e. The van der Waals surface area contributed by atoms with Crippen molar-refractivity contribution in [1.29, 1.82) is 0 Å². The highest BCUT2D eigenvalue weighted by molar-refractivity contribution is 5.85. The van der Waals surface area contributed by atoms with Crippen molar-refractivity contribution >= 4 is 10.8 Å². The summed E-state index contributed by atoms with van der Waals surface area (Å²) >= 11 is 0. The van der Waals surface area contributed by atoms with Crippen molar-refractivity contribution in [3.63, 3.8) is 0 Å². The van der Waals surface area contributed by atoms with Crippen molar-refractivity contribution in [3.05, 3.63) is 41.5 Å². The molecule has 4 atom stereocenters. The molecule has 0 saturated heterocycles. The van der Waals surface area contributed by atoms with Gasteiger partial charge in [0.15, 0.2) is 11.6 Å². The highest BCUT2D eigenvalue weighted by atomic mass is 19.1. The van der Waals surface area contributed by atoms with Gasteiger partial charge in [-0.3, -0.25) is 0 Å². The Labute approximate surface area is 173 Å². The summed E-state index contributed by atoms with van der Waals surface area (Å²) < 4.78 is 34.5. The minimum absolute atomic E-state index is 0.167. The van der Waals surface area contributed by atoms with E-state index < -0.39 is 5.82 Å². The third-order valence-corrected chi connectivity index (χ3v) is 7.63. The maximum Gasteiger partial charge on any atom is 0.172 e.